The van der Waals surface area contributed by atoms with Gasteiger partial charge in [0.2, 0.25) is 0 Å². The number of rotatable bonds is 8. The number of hydrogen-bond acceptors (Lipinski definition) is 5. The fourth-order valence-corrected chi connectivity index (χ4v) is 3.05. The molecular weight excluding hydrogens is 356 g/mol. The highest BCUT2D eigenvalue weighted by atomic mass is 16.5. The van der Waals surface area contributed by atoms with Gasteiger partial charge in [-0.1, -0.05) is 12.1 Å². The zero-order valence-electron chi connectivity index (χ0n) is 17.6. The van der Waals surface area contributed by atoms with Crippen molar-refractivity contribution in [1.82, 2.24) is 15.5 Å². The smallest absolute Gasteiger partial charge is 0.338 e. The Kier molecular flexibility index (Phi) is 8.73. The minimum absolute atomic E-state index is 0.0151. The number of nitrogens with zero attached hydrogens (tertiary/aromatic N) is 2. The molecule has 1 heterocycles. The van der Waals surface area contributed by atoms with Gasteiger partial charge in [-0.3, -0.25) is 4.90 Å². The van der Waals surface area contributed by atoms with Crippen LogP contribution in [0.1, 0.15) is 43.6 Å². The minimum atomic E-state index is -0.294. The van der Waals surface area contributed by atoms with Crippen LogP contribution in [-0.2, 0) is 16.0 Å². The Balaban J connectivity index is 1.93. The molecule has 28 heavy (non-hydrogen) atoms. The molecule has 0 aromatic heterocycles. The van der Waals surface area contributed by atoms with Gasteiger partial charge in [0.05, 0.1) is 31.9 Å². The van der Waals surface area contributed by atoms with Crippen molar-refractivity contribution in [3.05, 3.63) is 35.4 Å². The highest BCUT2D eigenvalue weighted by molar-refractivity contribution is 5.89. The summed E-state index contributed by atoms with van der Waals surface area (Å²) >= 11 is 0. The maximum Gasteiger partial charge on any atom is 0.338 e. The third kappa shape index (κ3) is 6.80. The summed E-state index contributed by atoms with van der Waals surface area (Å²) in [6.07, 6.45) is 0. The van der Waals surface area contributed by atoms with Crippen LogP contribution in [0.15, 0.2) is 29.3 Å². The summed E-state index contributed by atoms with van der Waals surface area (Å²) in [5.41, 5.74) is 1.62. The van der Waals surface area contributed by atoms with Gasteiger partial charge in [0.1, 0.15) is 0 Å². The van der Waals surface area contributed by atoms with Gasteiger partial charge in [-0.2, -0.15) is 0 Å². The molecule has 2 N–H and O–H groups in total. The van der Waals surface area contributed by atoms with Crippen molar-refractivity contribution in [1.29, 1.82) is 0 Å². The van der Waals surface area contributed by atoms with Crippen LogP contribution in [0.4, 0.5) is 0 Å². The molecule has 1 aromatic carbocycles. The lowest BCUT2D eigenvalue weighted by Crippen LogP contribution is -2.56. The van der Waals surface area contributed by atoms with Crippen molar-refractivity contribution < 1.29 is 14.3 Å². The van der Waals surface area contributed by atoms with Crippen molar-refractivity contribution >= 4 is 11.9 Å². The topological polar surface area (TPSA) is 75.2 Å². The highest BCUT2D eigenvalue weighted by Gasteiger charge is 2.28. The van der Waals surface area contributed by atoms with Crippen LogP contribution >= 0.6 is 0 Å². The van der Waals surface area contributed by atoms with E-state index in [2.05, 4.69) is 41.3 Å². The van der Waals surface area contributed by atoms with Crippen molar-refractivity contribution in [2.45, 2.75) is 39.8 Å². The first-order valence-corrected chi connectivity index (χ1v) is 10.1. The van der Waals surface area contributed by atoms with Crippen LogP contribution in [0.3, 0.4) is 0 Å². The van der Waals surface area contributed by atoms with Crippen LogP contribution in [0.2, 0.25) is 0 Å². The van der Waals surface area contributed by atoms with Gasteiger partial charge in [0.25, 0.3) is 0 Å². The number of guanidine groups is 1. The van der Waals surface area contributed by atoms with E-state index in [1.54, 1.807) is 19.1 Å². The zero-order valence-corrected chi connectivity index (χ0v) is 17.6. The Bertz CT molecular complexity index is 638. The molecule has 1 saturated heterocycles. The van der Waals surface area contributed by atoms with E-state index in [9.17, 15) is 4.79 Å². The van der Waals surface area contributed by atoms with E-state index in [1.807, 2.05) is 12.1 Å². The largest absolute Gasteiger partial charge is 0.462 e. The van der Waals surface area contributed by atoms with Gasteiger partial charge in [-0.05, 0) is 45.4 Å². The SMILES string of the molecule is CCNC(=NCc1ccc(C(=O)OCC)cc1)NCC(C)(C)N1CCOCC1. The summed E-state index contributed by atoms with van der Waals surface area (Å²) in [7, 11) is 0. The lowest BCUT2D eigenvalue weighted by molar-refractivity contribution is -0.00834. The maximum absolute atomic E-state index is 11.7. The average Bonchev–Trinajstić information content (AvgIpc) is 2.71. The molecule has 2 rings (SSSR count). The Morgan fingerprint density at radius 3 is 2.46 bits per heavy atom. The summed E-state index contributed by atoms with van der Waals surface area (Å²) < 4.78 is 10.5. The molecule has 0 aliphatic carbocycles. The van der Waals surface area contributed by atoms with E-state index in [4.69, 9.17) is 9.47 Å². The van der Waals surface area contributed by atoms with Crippen LogP contribution in [0.5, 0.6) is 0 Å². The van der Waals surface area contributed by atoms with Crippen LogP contribution < -0.4 is 10.6 Å². The number of morpholine rings is 1. The van der Waals surface area contributed by atoms with Gasteiger partial charge in [-0.25, -0.2) is 9.79 Å². The van der Waals surface area contributed by atoms with Crippen LogP contribution in [0, 0.1) is 0 Å². The van der Waals surface area contributed by atoms with E-state index in [0.29, 0.717) is 18.7 Å². The number of carbonyl (C=O) groups is 1. The van der Waals surface area contributed by atoms with E-state index in [-0.39, 0.29) is 11.5 Å². The zero-order chi connectivity index (χ0) is 20.4. The third-order valence-corrected chi connectivity index (χ3v) is 4.78. The summed E-state index contributed by atoms with van der Waals surface area (Å²) in [6, 6.07) is 7.39. The van der Waals surface area contributed by atoms with Gasteiger partial charge in [-0.15, -0.1) is 0 Å². The second-order valence-electron chi connectivity index (χ2n) is 7.38. The molecule has 7 heteroatoms. The van der Waals surface area contributed by atoms with Crippen molar-refractivity contribution in [3.8, 4) is 0 Å². The fourth-order valence-electron chi connectivity index (χ4n) is 3.05. The molecule has 0 saturated carbocycles. The standard InChI is InChI=1S/C21H34N4O3/c1-5-22-20(24-16-21(3,4)25-11-13-27-14-12-25)23-15-17-7-9-18(10-8-17)19(26)28-6-2/h7-10H,5-6,11-16H2,1-4H3,(H2,22,23,24). The molecule has 0 bridgehead atoms. The molecule has 7 nitrogen and oxygen atoms in total. The van der Waals surface area contributed by atoms with Gasteiger partial charge in [0, 0.05) is 31.7 Å². The predicted octanol–water partition coefficient (Wildman–Crippen LogP) is 2.03. The van der Waals surface area contributed by atoms with Crippen LogP contribution in [-0.4, -0.2) is 68.4 Å². The Labute approximate surface area is 168 Å². The van der Waals surface area contributed by atoms with E-state index >= 15 is 0 Å². The molecule has 156 valence electrons. The molecular formula is C21H34N4O3. The van der Waals surface area contributed by atoms with E-state index < -0.39 is 0 Å². The normalized spacial score (nSPS) is 15.9. The maximum atomic E-state index is 11.7. The monoisotopic (exact) mass is 390 g/mol. The lowest BCUT2D eigenvalue weighted by Gasteiger charge is -2.41. The number of aliphatic imine (C=N–C) groups is 1. The first-order valence-electron chi connectivity index (χ1n) is 10.1. The average molecular weight is 391 g/mol. The molecule has 0 atom stereocenters. The van der Waals surface area contributed by atoms with Crippen molar-refractivity contribution in [3.63, 3.8) is 0 Å². The number of esters is 1. The summed E-state index contributed by atoms with van der Waals surface area (Å²) in [6.45, 7) is 14.3. The second kappa shape index (κ2) is 11.0. The number of ether oxygens (including phenoxy) is 2. The number of carbonyl (C=O) groups excluding carboxylic acids is 1. The molecule has 1 aliphatic heterocycles. The molecule has 0 unspecified atom stereocenters. The molecule has 1 fully saturated rings. The third-order valence-electron chi connectivity index (χ3n) is 4.78. The summed E-state index contributed by atoms with van der Waals surface area (Å²) in [5.74, 6) is 0.496. The van der Waals surface area contributed by atoms with E-state index in [1.165, 1.54) is 0 Å². The predicted molar refractivity (Wildman–Crippen MR) is 112 cm³/mol. The Hall–Kier alpha value is -2.12. The van der Waals surface area contributed by atoms with Crippen molar-refractivity contribution in [2.75, 3.05) is 46.0 Å². The number of hydrogen-bond donors (Lipinski definition) is 2. The van der Waals surface area contributed by atoms with Crippen molar-refractivity contribution in [2.24, 2.45) is 4.99 Å². The molecule has 0 radical (unpaired) electrons. The quantitative estimate of drug-likeness (QED) is 0.402. The molecule has 0 amide bonds. The van der Waals surface area contributed by atoms with Gasteiger partial charge >= 0.3 is 5.97 Å². The van der Waals surface area contributed by atoms with E-state index in [0.717, 1.165) is 50.9 Å². The number of nitrogens with one attached hydrogen (secondary N) is 2. The summed E-state index contributed by atoms with van der Waals surface area (Å²) in [4.78, 5) is 18.9. The molecule has 1 aliphatic rings. The Morgan fingerprint density at radius 2 is 1.86 bits per heavy atom. The molecule has 1 aromatic rings. The Morgan fingerprint density at radius 1 is 1.18 bits per heavy atom. The lowest BCUT2D eigenvalue weighted by atomic mass is 10.0. The summed E-state index contributed by atoms with van der Waals surface area (Å²) in [5, 5.41) is 6.75. The van der Waals surface area contributed by atoms with Crippen LogP contribution in [0.25, 0.3) is 0 Å². The fraction of sp³-hybridized carbons (Fsp3) is 0.619. The first-order chi connectivity index (χ1) is 13.5. The molecule has 0 spiro atoms. The number of benzene rings is 1. The highest BCUT2D eigenvalue weighted by Crippen LogP contribution is 2.15. The first kappa shape index (κ1) is 22.2. The minimum Gasteiger partial charge on any atom is -0.462 e. The van der Waals surface area contributed by atoms with Gasteiger partial charge < -0.3 is 20.1 Å². The van der Waals surface area contributed by atoms with Gasteiger partial charge in [0.15, 0.2) is 5.96 Å². The second-order valence-corrected chi connectivity index (χ2v) is 7.38.